The zero-order valence-corrected chi connectivity index (χ0v) is 13.8. The van der Waals surface area contributed by atoms with E-state index in [1.54, 1.807) is 0 Å². The van der Waals surface area contributed by atoms with Crippen LogP contribution >= 0.6 is 0 Å². The Bertz CT molecular complexity index is 557. The minimum absolute atomic E-state index is 0.262. The zero-order valence-electron chi connectivity index (χ0n) is 13.0. The van der Waals surface area contributed by atoms with E-state index in [-0.39, 0.29) is 11.8 Å². The normalized spacial score (nSPS) is 20.0. The SMILES string of the molecule is CCCNC(C)c1ccccc1N1CCCS(=O)(=O)CC1. The maximum Gasteiger partial charge on any atom is 0.152 e. The zero-order chi connectivity index (χ0) is 15.3. The fourth-order valence-electron chi connectivity index (χ4n) is 2.79. The molecule has 0 spiro atoms. The average molecular weight is 310 g/mol. The number of hydrogen-bond acceptors (Lipinski definition) is 4. The van der Waals surface area contributed by atoms with Crippen molar-refractivity contribution in [3.8, 4) is 0 Å². The van der Waals surface area contributed by atoms with Crippen LogP contribution < -0.4 is 10.2 Å². The van der Waals surface area contributed by atoms with E-state index in [4.69, 9.17) is 0 Å². The molecule has 21 heavy (non-hydrogen) atoms. The first kappa shape index (κ1) is 16.3. The van der Waals surface area contributed by atoms with Gasteiger partial charge >= 0.3 is 0 Å². The van der Waals surface area contributed by atoms with E-state index in [9.17, 15) is 8.42 Å². The Morgan fingerprint density at radius 2 is 2.00 bits per heavy atom. The molecule has 0 saturated carbocycles. The van der Waals surface area contributed by atoms with Crippen LogP contribution in [0, 0.1) is 0 Å². The van der Waals surface area contributed by atoms with Gasteiger partial charge in [-0.3, -0.25) is 0 Å². The smallest absolute Gasteiger partial charge is 0.152 e. The predicted octanol–water partition coefficient (Wildman–Crippen LogP) is 2.37. The molecule has 1 N–H and O–H groups in total. The van der Waals surface area contributed by atoms with Crippen molar-refractivity contribution in [2.24, 2.45) is 0 Å². The first-order valence-electron chi connectivity index (χ1n) is 7.81. The minimum atomic E-state index is -2.86. The van der Waals surface area contributed by atoms with Crippen LogP contribution in [0.25, 0.3) is 0 Å². The number of rotatable bonds is 5. The largest absolute Gasteiger partial charge is 0.370 e. The second-order valence-corrected chi connectivity index (χ2v) is 8.03. The van der Waals surface area contributed by atoms with Gasteiger partial charge in [0.2, 0.25) is 0 Å². The molecule has 118 valence electrons. The molecule has 0 radical (unpaired) electrons. The highest BCUT2D eigenvalue weighted by atomic mass is 32.2. The molecule has 0 aliphatic carbocycles. The number of nitrogens with one attached hydrogen (secondary N) is 1. The first-order valence-corrected chi connectivity index (χ1v) is 9.63. The van der Waals surface area contributed by atoms with E-state index < -0.39 is 9.84 Å². The molecular formula is C16H26N2O2S. The average Bonchev–Trinajstić information content (AvgIpc) is 2.65. The van der Waals surface area contributed by atoms with Gasteiger partial charge in [-0.15, -0.1) is 0 Å². The molecule has 4 nitrogen and oxygen atoms in total. The van der Waals surface area contributed by atoms with Crippen molar-refractivity contribution in [3.05, 3.63) is 29.8 Å². The summed E-state index contributed by atoms with van der Waals surface area (Å²) in [7, 11) is -2.86. The van der Waals surface area contributed by atoms with Crippen LogP contribution in [-0.2, 0) is 9.84 Å². The van der Waals surface area contributed by atoms with Crippen LogP contribution in [0.15, 0.2) is 24.3 Å². The molecule has 1 fully saturated rings. The third-order valence-electron chi connectivity index (χ3n) is 4.00. The van der Waals surface area contributed by atoms with Crippen molar-refractivity contribution in [1.29, 1.82) is 0 Å². The van der Waals surface area contributed by atoms with Crippen LogP contribution in [0.2, 0.25) is 0 Å². The van der Waals surface area contributed by atoms with Crippen LogP contribution in [-0.4, -0.2) is 39.6 Å². The van der Waals surface area contributed by atoms with E-state index in [0.29, 0.717) is 18.7 Å². The van der Waals surface area contributed by atoms with Crippen LogP contribution in [0.5, 0.6) is 0 Å². The molecule has 0 amide bonds. The summed E-state index contributed by atoms with van der Waals surface area (Å²) in [6.45, 7) is 6.73. The minimum Gasteiger partial charge on any atom is -0.370 e. The molecule has 1 atom stereocenters. The topological polar surface area (TPSA) is 49.4 Å². The Morgan fingerprint density at radius 3 is 2.76 bits per heavy atom. The van der Waals surface area contributed by atoms with Crippen molar-refractivity contribution in [2.75, 3.05) is 36.0 Å². The van der Waals surface area contributed by atoms with Crippen molar-refractivity contribution in [3.63, 3.8) is 0 Å². The third kappa shape index (κ3) is 4.45. The third-order valence-corrected chi connectivity index (χ3v) is 5.72. The second-order valence-electron chi connectivity index (χ2n) is 5.73. The molecular weight excluding hydrogens is 284 g/mol. The molecule has 1 aliphatic heterocycles. The molecule has 1 saturated heterocycles. The molecule has 0 aromatic heterocycles. The van der Waals surface area contributed by atoms with E-state index in [2.05, 4.69) is 42.3 Å². The van der Waals surface area contributed by atoms with Gasteiger partial charge in [0.05, 0.1) is 11.5 Å². The fraction of sp³-hybridized carbons (Fsp3) is 0.625. The lowest BCUT2D eigenvalue weighted by molar-refractivity contribution is 0.569. The van der Waals surface area contributed by atoms with Gasteiger partial charge in [0, 0.05) is 24.8 Å². The van der Waals surface area contributed by atoms with Gasteiger partial charge in [-0.1, -0.05) is 25.1 Å². The van der Waals surface area contributed by atoms with E-state index in [1.807, 2.05) is 6.07 Å². The van der Waals surface area contributed by atoms with Gasteiger partial charge in [0.15, 0.2) is 9.84 Å². The van der Waals surface area contributed by atoms with E-state index in [1.165, 1.54) is 11.3 Å². The molecule has 0 bridgehead atoms. The summed E-state index contributed by atoms with van der Waals surface area (Å²) >= 11 is 0. The summed E-state index contributed by atoms with van der Waals surface area (Å²) in [4.78, 5) is 2.23. The summed E-state index contributed by atoms with van der Waals surface area (Å²) in [5.41, 5.74) is 2.43. The summed E-state index contributed by atoms with van der Waals surface area (Å²) in [5, 5.41) is 3.52. The Balaban J connectivity index is 2.19. The van der Waals surface area contributed by atoms with Crippen LogP contribution in [0.4, 0.5) is 5.69 Å². The number of para-hydroxylation sites is 1. The maximum atomic E-state index is 11.8. The second kappa shape index (κ2) is 7.27. The predicted molar refractivity (Wildman–Crippen MR) is 88.6 cm³/mol. The van der Waals surface area contributed by atoms with Gasteiger partial charge in [0.25, 0.3) is 0 Å². The van der Waals surface area contributed by atoms with Gasteiger partial charge in [-0.25, -0.2) is 8.42 Å². The van der Waals surface area contributed by atoms with Gasteiger partial charge in [-0.2, -0.15) is 0 Å². The number of nitrogens with zero attached hydrogens (tertiary/aromatic N) is 1. The van der Waals surface area contributed by atoms with Crippen LogP contribution in [0.1, 0.15) is 38.3 Å². The first-order chi connectivity index (χ1) is 10.0. The van der Waals surface area contributed by atoms with Crippen LogP contribution in [0.3, 0.4) is 0 Å². The van der Waals surface area contributed by atoms with Gasteiger partial charge < -0.3 is 10.2 Å². The molecule has 2 rings (SSSR count). The number of hydrogen-bond donors (Lipinski definition) is 1. The quantitative estimate of drug-likeness (QED) is 0.907. The Hall–Kier alpha value is -1.07. The molecule has 5 heteroatoms. The van der Waals surface area contributed by atoms with Gasteiger partial charge in [0.1, 0.15) is 0 Å². The highest BCUT2D eigenvalue weighted by Gasteiger charge is 2.21. The molecule has 1 aromatic carbocycles. The molecule has 1 heterocycles. The van der Waals surface area contributed by atoms with E-state index >= 15 is 0 Å². The molecule has 1 unspecified atom stereocenters. The van der Waals surface area contributed by atoms with Crippen molar-refractivity contribution in [1.82, 2.24) is 5.32 Å². The standard InChI is InChI=1S/C16H26N2O2S/c1-3-9-17-14(2)15-7-4-5-8-16(15)18-10-6-12-21(19,20)13-11-18/h4-5,7-8,14,17H,3,6,9-13H2,1-2H3. The summed E-state index contributed by atoms with van der Waals surface area (Å²) < 4.78 is 23.5. The lowest BCUT2D eigenvalue weighted by Crippen LogP contribution is -2.29. The maximum absolute atomic E-state index is 11.8. The summed E-state index contributed by atoms with van der Waals surface area (Å²) in [6, 6.07) is 8.61. The number of anilines is 1. The molecule has 1 aliphatic rings. The highest BCUT2D eigenvalue weighted by Crippen LogP contribution is 2.27. The Kier molecular flexibility index (Phi) is 5.65. The Labute approximate surface area is 128 Å². The van der Waals surface area contributed by atoms with E-state index in [0.717, 1.165) is 19.5 Å². The van der Waals surface area contributed by atoms with Gasteiger partial charge in [-0.05, 0) is 37.9 Å². The lowest BCUT2D eigenvalue weighted by atomic mass is 10.0. The highest BCUT2D eigenvalue weighted by molar-refractivity contribution is 7.91. The number of sulfone groups is 1. The van der Waals surface area contributed by atoms with Crippen molar-refractivity contribution in [2.45, 2.75) is 32.7 Å². The summed E-state index contributed by atoms with van der Waals surface area (Å²) in [5.74, 6) is 0.577. The fourth-order valence-corrected chi connectivity index (χ4v) is 4.06. The monoisotopic (exact) mass is 310 g/mol. The van der Waals surface area contributed by atoms with Crippen molar-refractivity contribution < 1.29 is 8.42 Å². The Morgan fingerprint density at radius 1 is 1.24 bits per heavy atom. The van der Waals surface area contributed by atoms with Crippen molar-refractivity contribution >= 4 is 15.5 Å². The number of benzene rings is 1. The lowest BCUT2D eigenvalue weighted by Gasteiger charge is -2.27. The molecule has 1 aromatic rings. The summed E-state index contributed by atoms with van der Waals surface area (Å²) in [6.07, 6.45) is 1.82.